The van der Waals surface area contributed by atoms with Gasteiger partial charge in [-0.15, -0.1) is 0 Å². The van der Waals surface area contributed by atoms with Crippen LogP contribution in [0, 0.1) is 0 Å². The van der Waals surface area contributed by atoms with Gasteiger partial charge in [-0.1, -0.05) is 20.8 Å². The van der Waals surface area contributed by atoms with E-state index in [9.17, 15) is 5.11 Å². The number of hydrogen-bond donors (Lipinski definition) is 1. The van der Waals surface area contributed by atoms with Crippen molar-refractivity contribution in [3.63, 3.8) is 0 Å². The van der Waals surface area contributed by atoms with Crippen molar-refractivity contribution < 1.29 is 14.3 Å². The summed E-state index contributed by atoms with van der Waals surface area (Å²) >= 11 is 0. The Balaban J connectivity index is 2.66. The average Bonchev–Trinajstić information content (AvgIpc) is 2.43. The molecule has 0 spiro atoms. The largest absolute Gasteiger partial charge is 0.411 e. The summed E-state index contributed by atoms with van der Waals surface area (Å²) in [7, 11) is 0.291. The third-order valence-corrected chi connectivity index (χ3v) is 8.32. The lowest BCUT2D eigenvalue weighted by molar-refractivity contribution is -0.000169. The first-order valence-electron chi connectivity index (χ1n) is 6.11. The molecule has 0 aromatic carbocycles. The van der Waals surface area contributed by atoms with Crippen LogP contribution < -0.4 is 0 Å². The second-order valence-corrected chi connectivity index (χ2v) is 11.1. The third kappa shape index (κ3) is 3.09. The molecule has 0 bridgehead atoms. The van der Waals surface area contributed by atoms with Crippen LogP contribution in [-0.4, -0.2) is 46.1 Å². The number of aliphatic hydroxyl groups excluding tert-OH is 1. The minimum absolute atomic E-state index is 0.0592. The van der Waals surface area contributed by atoms with Gasteiger partial charge in [0.15, 0.2) is 8.32 Å². The highest BCUT2D eigenvalue weighted by Crippen LogP contribution is 2.39. The Labute approximate surface area is 101 Å². The molecule has 5 heteroatoms. The molecule has 0 aromatic rings. The van der Waals surface area contributed by atoms with Crippen LogP contribution in [0.5, 0.6) is 0 Å². The van der Waals surface area contributed by atoms with Gasteiger partial charge in [0.2, 0.25) is 0 Å². The molecule has 3 atom stereocenters. The quantitative estimate of drug-likeness (QED) is 0.756. The van der Waals surface area contributed by atoms with Crippen molar-refractivity contribution in [1.29, 1.82) is 0 Å². The Hall–Kier alpha value is 0.162. The smallest absolute Gasteiger partial charge is 0.192 e. The molecule has 1 rings (SSSR count). The first kappa shape index (κ1) is 14.2. The molecule has 1 fully saturated rings. The molecule has 0 aromatic heterocycles. The van der Waals surface area contributed by atoms with Gasteiger partial charge < -0.3 is 14.3 Å². The fourth-order valence-electron chi connectivity index (χ4n) is 1.76. The van der Waals surface area contributed by atoms with Gasteiger partial charge in [-0.3, -0.25) is 0 Å². The van der Waals surface area contributed by atoms with E-state index in [1.54, 1.807) is 0 Å². The molecule has 1 N–H and O–H groups in total. The zero-order valence-electron chi connectivity index (χ0n) is 11.4. The maximum absolute atomic E-state index is 9.26. The van der Waals surface area contributed by atoms with Crippen molar-refractivity contribution in [2.75, 3.05) is 6.61 Å². The van der Waals surface area contributed by atoms with E-state index in [0.717, 1.165) is 6.42 Å². The van der Waals surface area contributed by atoms with Crippen LogP contribution in [0.25, 0.3) is 0 Å². The van der Waals surface area contributed by atoms with Crippen molar-refractivity contribution in [3.05, 3.63) is 0 Å². The summed E-state index contributed by atoms with van der Waals surface area (Å²) in [6.45, 7) is 11.2. The number of ether oxygens (including phenoxy) is 1. The highest BCUT2D eigenvalue weighted by Gasteiger charge is 2.43. The minimum Gasteiger partial charge on any atom is -0.411 e. The standard InChI is InChI=1S/C11H25BO3Si/c1-11(2,3)16(4,5)15-8-6-10(12)14-9(8)7-13/h8-10,13H,6-7,12H2,1-5H3/t8?,9-,10?/m1/s1. The lowest BCUT2D eigenvalue weighted by atomic mass is 9.96. The van der Waals surface area contributed by atoms with Crippen LogP contribution in [0.3, 0.4) is 0 Å². The molecular formula is C11H25BO3Si. The molecule has 0 radical (unpaired) electrons. The lowest BCUT2D eigenvalue weighted by Crippen LogP contribution is -2.46. The van der Waals surface area contributed by atoms with Gasteiger partial charge >= 0.3 is 0 Å². The molecule has 16 heavy (non-hydrogen) atoms. The summed E-state index contributed by atoms with van der Waals surface area (Å²) in [5.74, 6) is 0. The molecule has 0 amide bonds. The Morgan fingerprint density at radius 2 is 2.00 bits per heavy atom. The van der Waals surface area contributed by atoms with Gasteiger partial charge in [-0.25, -0.2) is 0 Å². The van der Waals surface area contributed by atoms with E-state index in [2.05, 4.69) is 33.9 Å². The van der Waals surface area contributed by atoms with Crippen LogP contribution in [0.2, 0.25) is 18.1 Å². The number of hydrogen-bond acceptors (Lipinski definition) is 3. The Kier molecular flexibility index (Phi) is 4.27. The summed E-state index contributed by atoms with van der Waals surface area (Å²) in [4.78, 5) is 0. The fourth-order valence-corrected chi connectivity index (χ4v) is 3.12. The van der Waals surface area contributed by atoms with Crippen LogP contribution >= 0.6 is 0 Å². The van der Waals surface area contributed by atoms with Gasteiger partial charge in [0.25, 0.3) is 0 Å². The predicted molar refractivity (Wildman–Crippen MR) is 71.0 cm³/mol. The van der Waals surface area contributed by atoms with E-state index in [-0.39, 0.29) is 29.9 Å². The SMILES string of the molecule is BC1CC(O[Si](C)(C)C(C)(C)C)[C@@H](CO)O1. The van der Waals surface area contributed by atoms with E-state index < -0.39 is 8.32 Å². The summed E-state index contributed by atoms with van der Waals surface area (Å²) in [5, 5.41) is 9.47. The van der Waals surface area contributed by atoms with Gasteiger partial charge in [0, 0.05) is 6.00 Å². The van der Waals surface area contributed by atoms with E-state index >= 15 is 0 Å². The molecule has 94 valence electrons. The maximum atomic E-state index is 9.26. The molecule has 0 saturated carbocycles. The monoisotopic (exact) mass is 244 g/mol. The normalized spacial score (nSPS) is 32.0. The lowest BCUT2D eigenvalue weighted by Gasteiger charge is -2.39. The van der Waals surface area contributed by atoms with E-state index in [1.165, 1.54) is 0 Å². The third-order valence-electron chi connectivity index (χ3n) is 3.82. The summed E-state index contributed by atoms with van der Waals surface area (Å²) in [5.41, 5.74) is 0. The molecule has 3 nitrogen and oxygen atoms in total. The number of rotatable bonds is 3. The van der Waals surface area contributed by atoms with Crippen molar-refractivity contribution in [2.24, 2.45) is 0 Å². The van der Waals surface area contributed by atoms with Crippen LogP contribution in [-0.2, 0) is 9.16 Å². The van der Waals surface area contributed by atoms with Crippen molar-refractivity contribution in [2.45, 2.75) is 63.5 Å². The van der Waals surface area contributed by atoms with Crippen LogP contribution in [0.1, 0.15) is 27.2 Å². The summed E-state index contributed by atoms with van der Waals surface area (Å²) in [6, 6.07) is 0.201. The second-order valence-electron chi connectivity index (χ2n) is 6.32. The first-order valence-corrected chi connectivity index (χ1v) is 9.02. The Bertz CT molecular complexity index is 240. The molecule has 0 aliphatic carbocycles. The van der Waals surface area contributed by atoms with Gasteiger partial charge in [-0.2, -0.15) is 0 Å². The average molecular weight is 244 g/mol. The van der Waals surface area contributed by atoms with Gasteiger partial charge in [0.1, 0.15) is 14.0 Å². The molecular weight excluding hydrogens is 219 g/mol. The molecule has 1 saturated heterocycles. The number of aliphatic hydroxyl groups is 1. The predicted octanol–water partition coefficient (Wildman–Crippen LogP) is 1.12. The highest BCUT2D eigenvalue weighted by molar-refractivity contribution is 6.74. The molecule has 2 unspecified atom stereocenters. The minimum atomic E-state index is -1.75. The van der Waals surface area contributed by atoms with Crippen molar-refractivity contribution in [3.8, 4) is 0 Å². The maximum Gasteiger partial charge on any atom is 0.192 e. The van der Waals surface area contributed by atoms with Gasteiger partial charge in [-0.05, 0) is 24.6 Å². The van der Waals surface area contributed by atoms with Crippen molar-refractivity contribution >= 4 is 16.2 Å². The second kappa shape index (κ2) is 4.80. The molecule has 1 aliphatic rings. The zero-order chi connectivity index (χ0) is 12.6. The first-order chi connectivity index (χ1) is 7.17. The molecule has 1 aliphatic heterocycles. The highest BCUT2D eigenvalue weighted by atomic mass is 28.4. The van der Waals surface area contributed by atoms with Crippen LogP contribution in [0.4, 0.5) is 0 Å². The van der Waals surface area contributed by atoms with E-state index in [1.807, 2.05) is 7.85 Å². The molecule has 1 heterocycles. The Morgan fingerprint density at radius 1 is 1.44 bits per heavy atom. The summed E-state index contributed by atoms with van der Waals surface area (Å²) < 4.78 is 11.9. The van der Waals surface area contributed by atoms with E-state index in [4.69, 9.17) is 9.16 Å². The zero-order valence-corrected chi connectivity index (χ0v) is 12.4. The summed E-state index contributed by atoms with van der Waals surface area (Å²) in [6.07, 6.45) is 0.836. The fraction of sp³-hybridized carbons (Fsp3) is 1.00. The topological polar surface area (TPSA) is 38.7 Å². The van der Waals surface area contributed by atoms with Gasteiger partial charge in [0.05, 0.1) is 12.7 Å². The Morgan fingerprint density at radius 3 is 2.44 bits per heavy atom. The van der Waals surface area contributed by atoms with E-state index in [0.29, 0.717) is 0 Å². The van der Waals surface area contributed by atoms with Crippen LogP contribution in [0.15, 0.2) is 0 Å². The van der Waals surface area contributed by atoms with Crippen molar-refractivity contribution in [1.82, 2.24) is 0 Å².